The molecule has 0 aliphatic carbocycles. The van der Waals surface area contributed by atoms with E-state index in [4.69, 9.17) is 4.74 Å². The number of piperidine rings is 1. The van der Waals surface area contributed by atoms with Gasteiger partial charge in [-0.15, -0.1) is 10.2 Å². The van der Waals surface area contributed by atoms with Gasteiger partial charge < -0.3 is 15.0 Å². The molecule has 1 fully saturated rings. The highest BCUT2D eigenvalue weighted by Gasteiger charge is 2.28. The summed E-state index contributed by atoms with van der Waals surface area (Å²) < 4.78 is 5.82. The Bertz CT molecular complexity index is 761. The van der Waals surface area contributed by atoms with E-state index < -0.39 is 0 Å². The van der Waals surface area contributed by atoms with Crippen molar-refractivity contribution in [2.45, 2.75) is 17.2 Å². The van der Waals surface area contributed by atoms with E-state index in [1.165, 1.54) is 11.3 Å². The molecule has 1 N–H and O–H groups in total. The van der Waals surface area contributed by atoms with Crippen molar-refractivity contribution in [3.8, 4) is 0 Å². The van der Waals surface area contributed by atoms with E-state index in [-0.39, 0.29) is 17.7 Å². The molecule has 0 atom stereocenters. The molecular formula is C18H22N4O3S2. The number of anilines is 1. The largest absolute Gasteiger partial charge is 0.384 e. The second-order valence-corrected chi connectivity index (χ2v) is 8.46. The third kappa shape index (κ3) is 5.50. The van der Waals surface area contributed by atoms with Crippen LogP contribution in [0.4, 0.5) is 5.13 Å². The molecule has 1 aliphatic heterocycles. The quantitative estimate of drug-likeness (QED) is 0.432. The normalized spacial score (nSPS) is 14.9. The summed E-state index contributed by atoms with van der Waals surface area (Å²) in [7, 11) is 1.66. The SMILES string of the molecule is COCCSc1nnc(NC(=O)C2CCN(C(=O)c3ccccc3)CC2)s1. The Labute approximate surface area is 166 Å². The average Bonchev–Trinajstić information content (AvgIpc) is 3.15. The van der Waals surface area contributed by atoms with Crippen LogP contribution in [0.3, 0.4) is 0 Å². The number of nitrogens with zero attached hydrogens (tertiary/aromatic N) is 3. The number of hydrogen-bond donors (Lipinski definition) is 1. The molecule has 3 rings (SSSR count). The molecule has 144 valence electrons. The maximum Gasteiger partial charge on any atom is 0.253 e. The lowest BCUT2D eigenvalue weighted by molar-refractivity contribution is -0.121. The van der Waals surface area contributed by atoms with Crippen LogP contribution >= 0.6 is 23.1 Å². The maximum atomic E-state index is 12.5. The van der Waals surface area contributed by atoms with E-state index in [9.17, 15) is 9.59 Å². The maximum absolute atomic E-state index is 12.5. The molecule has 2 heterocycles. The van der Waals surface area contributed by atoms with Crippen LogP contribution in [0, 0.1) is 5.92 Å². The van der Waals surface area contributed by atoms with Crippen LogP contribution in [0.15, 0.2) is 34.7 Å². The minimum atomic E-state index is -0.113. The molecule has 0 spiro atoms. The summed E-state index contributed by atoms with van der Waals surface area (Å²) in [6, 6.07) is 9.24. The number of nitrogens with one attached hydrogen (secondary N) is 1. The molecule has 0 radical (unpaired) electrons. The van der Waals surface area contributed by atoms with Crippen molar-refractivity contribution in [3.63, 3.8) is 0 Å². The van der Waals surface area contributed by atoms with Crippen LogP contribution in [0.1, 0.15) is 23.2 Å². The van der Waals surface area contributed by atoms with Crippen molar-refractivity contribution >= 4 is 40.0 Å². The number of carbonyl (C=O) groups is 2. The Morgan fingerprint density at radius 3 is 2.70 bits per heavy atom. The molecular weight excluding hydrogens is 384 g/mol. The highest BCUT2D eigenvalue weighted by Crippen LogP contribution is 2.27. The molecule has 2 aromatic rings. The number of rotatable bonds is 7. The molecule has 1 aromatic heterocycles. The van der Waals surface area contributed by atoms with Gasteiger partial charge in [0.1, 0.15) is 0 Å². The standard InChI is InChI=1S/C18H22N4O3S2/c1-25-11-12-26-18-21-20-17(27-18)19-15(23)13-7-9-22(10-8-13)16(24)14-5-3-2-4-6-14/h2-6,13H,7-12H2,1H3,(H,19,20,23). The lowest BCUT2D eigenvalue weighted by Gasteiger charge is -2.31. The van der Waals surface area contributed by atoms with E-state index in [1.807, 2.05) is 35.2 Å². The topological polar surface area (TPSA) is 84.4 Å². The van der Waals surface area contributed by atoms with E-state index in [0.29, 0.717) is 43.2 Å². The second-order valence-electron chi connectivity index (χ2n) is 6.14. The van der Waals surface area contributed by atoms with E-state index in [0.717, 1.165) is 10.1 Å². The van der Waals surface area contributed by atoms with E-state index in [1.54, 1.807) is 18.9 Å². The molecule has 7 nitrogen and oxygen atoms in total. The summed E-state index contributed by atoms with van der Waals surface area (Å²) in [5, 5.41) is 11.5. The second kappa shape index (κ2) is 9.82. The molecule has 9 heteroatoms. The third-order valence-electron chi connectivity index (χ3n) is 4.32. The fourth-order valence-electron chi connectivity index (χ4n) is 2.85. The van der Waals surface area contributed by atoms with Crippen molar-refractivity contribution in [2.24, 2.45) is 5.92 Å². The summed E-state index contributed by atoms with van der Waals surface area (Å²) in [5.74, 6) is 0.661. The fraction of sp³-hybridized carbons (Fsp3) is 0.444. The summed E-state index contributed by atoms with van der Waals surface area (Å²) in [5.41, 5.74) is 0.688. The van der Waals surface area contributed by atoms with Gasteiger partial charge in [0, 0.05) is 37.4 Å². The Morgan fingerprint density at radius 2 is 2.00 bits per heavy atom. The number of aromatic nitrogens is 2. The number of likely N-dealkylation sites (tertiary alicyclic amines) is 1. The zero-order chi connectivity index (χ0) is 19.1. The van der Waals surface area contributed by atoms with Gasteiger partial charge in [-0.25, -0.2) is 0 Å². The number of benzene rings is 1. The van der Waals surface area contributed by atoms with Gasteiger partial charge in [-0.3, -0.25) is 9.59 Å². The first kappa shape index (κ1) is 19.8. The summed E-state index contributed by atoms with van der Waals surface area (Å²) >= 11 is 2.92. The predicted molar refractivity (Wildman–Crippen MR) is 106 cm³/mol. The zero-order valence-corrected chi connectivity index (χ0v) is 16.7. The third-order valence-corrected chi connectivity index (χ3v) is 6.26. The Kier molecular flexibility index (Phi) is 7.19. The van der Waals surface area contributed by atoms with Crippen LogP contribution in [-0.4, -0.2) is 59.5 Å². The molecule has 0 saturated carbocycles. The van der Waals surface area contributed by atoms with Crippen molar-refractivity contribution < 1.29 is 14.3 Å². The zero-order valence-electron chi connectivity index (χ0n) is 15.1. The Morgan fingerprint density at radius 1 is 1.26 bits per heavy atom. The van der Waals surface area contributed by atoms with Gasteiger partial charge >= 0.3 is 0 Å². The van der Waals surface area contributed by atoms with Gasteiger partial charge in [0.2, 0.25) is 11.0 Å². The number of carbonyl (C=O) groups excluding carboxylic acids is 2. The number of methoxy groups -OCH3 is 1. The molecule has 0 bridgehead atoms. The smallest absolute Gasteiger partial charge is 0.253 e. The number of hydrogen-bond acceptors (Lipinski definition) is 7. The van der Waals surface area contributed by atoms with Crippen molar-refractivity contribution in [1.82, 2.24) is 15.1 Å². The van der Waals surface area contributed by atoms with Gasteiger partial charge in [0.05, 0.1) is 6.61 Å². The number of ether oxygens (including phenoxy) is 1. The first-order chi connectivity index (χ1) is 13.2. The van der Waals surface area contributed by atoms with Gasteiger partial charge in [-0.2, -0.15) is 0 Å². The van der Waals surface area contributed by atoms with Crippen LogP contribution in [0.25, 0.3) is 0 Å². The highest BCUT2D eigenvalue weighted by molar-refractivity contribution is 8.01. The van der Waals surface area contributed by atoms with Crippen LogP contribution < -0.4 is 5.32 Å². The van der Waals surface area contributed by atoms with Crippen molar-refractivity contribution in [3.05, 3.63) is 35.9 Å². The van der Waals surface area contributed by atoms with Crippen LogP contribution in [0.5, 0.6) is 0 Å². The molecule has 1 aliphatic rings. The van der Waals surface area contributed by atoms with Gasteiger partial charge in [-0.1, -0.05) is 41.3 Å². The summed E-state index contributed by atoms with van der Waals surface area (Å²) in [4.78, 5) is 26.8. The van der Waals surface area contributed by atoms with Crippen molar-refractivity contribution in [2.75, 3.05) is 37.9 Å². The average molecular weight is 407 g/mol. The van der Waals surface area contributed by atoms with Crippen LogP contribution in [-0.2, 0) is 9.53 Å². The summed E-state index contributed by atoms with van der Waals surface area (Å²) in [6.45, 7) is 1.81. The first-order valence-electron chi connectivity index (χ1n) is 8.78. The Balaban J connectivity index is 1.46. The first-order valence-corrected chi connectivity index (χ1v) is 10.6. The monoisotopic (exact) mass is 406 g/mol. The predicted octanol–water partition coefficient (Wildman–Crippen LogP) is 2.77. The lowest BCUT2D eigenvalue weighted by atomic mass is 9.95. The molecule has 1 aromatic carbocycles. The fourth-order valence-corrected chi connectivity index (χ4v) is 4.57. The molecule has 1 saturated heterocycles. The lowest BCUT2D eigenvalue weighted by Crippen LogP contribution is -2.41. The minimum absolute atomic E-state index is 0.0244. The van der Waals surface area contributed by atoms with E-state index in [2.05, 4.69) is 15.5 Å². The Hall–Kier alpha value is -1.97. The highest BCUT2D eigenvalue weighted by atomic mass is 32.2. The number of thioether (sulfide) groups is 1. The summed E-state index contributed by atoms with van der Waals surface area (Å²) in [6.07, 6.45) is 1.30. The van der Waals surface area contributed by atoms with E-state index >= 15 is 0 Å². The molecule has 27 heavy (non-hydrogen) atoms. The van der Waals surface area contributed by atoms with Gasteiger partial charge in [0.25, 0.3) is 5.91 Å². The van der Waals surface area contributed by atoms with Gasteiger partial charge in [-0.05, 0) is 25.0 Å². The molecule has 0 unspecified atom stereocenters. The minimum Gasteiger partial charge on any atom is -0.384 e. The number of amides is 2. The van der Waals surface area contributed by atoms with Gasteiger partial charge in [0.15, 0.2) is 4.34 Å². The molecule has 2 amide bonds. The van der Waals surface area contributed by atoms with Crippen LogP contribution in [0.2, 0.25) is 0 Å². The van der Waals surface area contributed by atoms with Crippen molar-refractivity contribution in [1.29, 1.82) is 0 Å².